The smallest absolute Gasteiger partial charge is 0.306 e. The minimum absolute atomic E-state index is 0.0471. The van der Waals surface area contributed by atoms with Crippen molar-refractivity contribution in [1.29, 1.82) is 0 Å². The Balaban J connectivity index is 1.11. The Morgan fingerprint density at radius 1 is 0.972 bits per heavy atom. The largest absolute Gasteiger partial charge is 0.508 e. The first-order valence-electron chi connectivity index (χ1n) is 14.6. The van der Waals surface area contributed by atoms with Crippen LogP contribution in [0.2, 0.25) is 0 Å². The van der Waals surface area contributed by atoms with Gasteiger partial charge >= 0.3 is 5.97 Å². The second-order valence-corrected chi connectivity index (χ2v) is 13.5. The first-order valence-corrected chi connectivity index (χ1v) is 14.6. The normalized spacial score (nSPS) is 46.0. The number of fused-ring (bicyclic) bond motifs is 5. The van der Waals surface area contributed by atoms with Crippen molar-refractivity contribution in [3.8, 4) is 5.75 Å². The van der Waals surface area contributed by atoms with E-state index in [0.717, 1.165) is 44.6 Å². The average Bonchev–Trinajstić information content (AvgIpc) is 3.40. The maximum absolute atomic E-state index is 12.4. The summed E-state index contributed by atoms with van der Waals surface area (Å²) in [6, 6.07) is 8.17. The SMILES string of the molecule is C[C@]12CC[C@H](NCCc3ccc(O)cc3)C[C@H]1CC[C@@H]1[C@@H]2CC[C@]2(C)[C@@H]([C@@H]3COC(=O)C3)CC[C@]12O. The van der Waals surface area contributed by atoms with Crippen molar-refractivity contribution in [2.24, 2.45) is 40.4 Å². The van der Waals surface area contributed by atoms with Gasteiger partial charge in [-0.1, -0.05) is 26.0 Å². The van der Waals surface area contributed by atoms with E-state index in [0.29, 0.717) is 53.9 Å². The molecule has 5 nitrogen and oxygen atoms in total. The highest BCUT2D eigenvalue weighted by atomic mass is 16.5. The molecule has 4 aliphatic carbocycles. The molecule has 9 atom stereocenters. The van der Waals surface area contributed by atoms with Gasteiger partial charge in [0.25, 0.3) is 0 Å². The van der Waals surface area contributed by atoms with Gasteiger partial charge in [0.2, 0.25) is 0 Å². The van der Waals surface area contributed by atoms with E-state index in [4.69, 9.17) is 4.74 Å². The minimum Gasteiger partial charge on any atom is -0.508 e. The molecule has 0 amide bonds. The van der Waals surface area contributed by atoms with Crippen molar-refractivity contribution in [1.82, 2.24) is 5.32 Å². The molecule has 198 valence electrons. The number of ether oxygens (including phenoxy) is 1. The summed E-state index contributed by atoms with van der Waals surface area (Å²) in [4.78, 5) is 11.9. The van der Waals surface area contributed by atoms with Crippen molar-refractivity contribution >= 4 is 5.97 Å². The topological polar surface area (TPSA) is 78.8 Å². The fraction of sp³-hybridized carbons (Fsp3) is 0.774. The lowest BCUT2D eigenvalue weighted by Crippen LogP contribution is -2.63. The van der Waals surface area contributed by atoms with Gasteiger partial charge in [-0.25, -0.2) is 0 Å². The Labute approximate surface area is 216 Å². The predicted octanol–water partition coefficient (Wildman–Crippen LogP) is 5.23. The Hall–Kier alpha value is -1.59. The quantitative estimate of drug-likeness (QED) is 0.488. The van der Waals surface area contributed by atoms with Crippen LogP contribution in [0.15, 0.2) is 24.3 Å². The zero-order valence-electron chi connectivity index (χ0n) is 22.2. The summed E-state index contributed by atoms with van der Waals surface area (Å²) >= 11 is 0. The number of rotatable bonds is 5. The van der Waals surface area contributed by atoms with Crippen LogP contribution in [0.3, 0.4) is 0 Å². The highest BCUT2D eigenvalue weighted by Crippen LogP contribution is 2.70. The Morgan fingerprint density at radius 3 is 2.50 bits per heavy atom. The van der Waals surface area contributed by atoms with E-state index in [9.17, 15) is 15.0 Å². The number of benzene rings is 1. The molecule has 0 bridgehead atoms. The Kier molecular flexibility index (Phi) is 6.19. The predicted molar refractivity (Wildman–Crippen MR) is 139 cm³/mol. The average molecular weight is 496 g/mol. The summed E-state index contributed by atoms with van der Waals surface area (Å²) in [7, 11) is 0. The van der Waals surface area contributed by atoms with E-state index in [1.165, 1.54) is 37.7 Å². The second kappa shape index (κ2) is 9.01. The zero-order chi connectivity index (χ0) is 25.1. The van der Waals surface area contributed by atoms with E-state index < -0.39 is 5.60 Å². The maximum atomic E-state index is 12.4. The molecule has 1 aromatic rings. The van der Waals surface area contributed by atoms with Crippen molar-refractivity contribution in [3.63, 3.8) is 0 Å². The number of phenols is 1. The number of phenolic OH excluding ortho intramolecular Hbond substituents is 1. The fourth-order valence-corrected chi connectivity index (χ4v) is 10.1. The number of hydrogen-bond donors (Lipinski definition) is 3. The molecule has 0 spiro atoms. The van der Waals surface area contributed by atoms with E-state index in [1.807, 2.05) is 12.1 Å². The molecule has 4 saturated carbocycles. The molecular weight excluding hydrogens is 450 g/mol. The highest BCUT2D eigenvalue weighted by molar-refractivity contribution is 5.71. The van der Waals surface area contributed by atoms with Crippen molar-refractivity contribution in [2.45, 2.75) is 96.1 Å². The molecule has 6 rings (SSSR count). The molecule has 0 radical (unpaired) electrons. The monoisotopic (exact) mass is 495 g/mol. The van der Waals surface area contributed by atoms with Gasteiger partial charge in [0.1, 0.15) is 5.75 Å². The number of carbonyl (C=O) groups excluding carboxylic acids is 1. The van der Waals surface area contributed by atoms with Crippen molar-refractivity contribution < 1.29 is 19.7 Å². The number of nitrogens with one attached hydrogen (secondary N) is 1. The molecule has 36 heavy (non-hydrogen) atoms. The lowest BCUT2D eigenvalue weighted by Gasteiger charge is -2.64. The van der Waals surface area contributed by atoms with Gasteiger partial charge in [-0.3, -0.25) is 4.79 Å². The number of hydrogen-bond acceptors (Lipinski definition) is 5. The molecule has 5 heteroatoms. The summed E-state index contributed by atoms with van der Waals surface area (Å²) in [6.07, 6.45) is 12.0. The number of aromatic hydroxyl groups is 1. The van der Waals surface area contributed by atoms with Crippen LogP contribution < -0.4 is 5.32 Å². The van der Waals surface area contributed by atoms with E-state index in [1.54, 1.807) is 12.1 Å². The minimum atomic E-state index is -0.584. The first-order chi connectivity index (χ1) is 17.2. The molecule has 1 heterocycles. The van der Waals surface area contributed by atoms with Gasteiger partial charge in [0.05, 0.1) is 18.6 Å². The second-order valence-electron chi connectivity index (χ2n) is 13.5. The standard InChI is InChI=1S/C31H45NO4/c1-29-13-9-23(32-16-12-20-3-6-24(33)7-4-20)18-22(29)5-8-27-26(29)10-14-30(2)25(11-15-31(27,30)35)21-17-28(34)36-19-21/h3-4,6-7,21-23,25-27,32-33,35H,5,8-19H2,1-2H3/t21-,22+,23-,25+,26-,27+,29-,30+,31-/m0/s1. The van der Waals surface area contributed by atoms with Crippen LogP contribution in [0, 0.1) is 40.4 Å². The van der Waals surface area contributed by atoms with Crippen LogP contribution in [0.25, 0.3) is 0 Å². The molecule has 5 fully saturated rings. The van der Waals surface area contributed by atoms with E-state index >= 15 is 0 Å². The van der Waals surface area contributed by atoms with Crippen LogP contribution >= 0.6 is 0 Å². The van der Waals surface area contributed by atoms with Gasteiger partial charge in [0, 0.05) is 12.0 Å². The first kappa shape index (κ1) is 24.7. The highest BCUT2D eigenvalue weighted by Gasteiger charge is 2.68. The third-order valence-corrected chi connectivity index (χ3v) is 12.2. The Morgan fingerprint density at radius 2 is 1.75 bits per heavy atom. The summed E-state index contributed by atoms with van der Waals surface area (Å²) in [6.45, 7) is 6.46. The van der Waals surface area contributed by atoms with Crippen molar-refractivity contribution in [2.75, 3.05) is 13.2 Å². The molecule has 5 aliphatic rings. The third kappa shape index (κ3) is 3.83. The summed E-state index contributed by atoms with van der Waals surface area (Å²) in [5.41, 5.74) is 0.936. The Bertz CT molecular complexity index is 979. The molecular formula is C31H45NO4. The number of esters is 1. The zero-order valence-corrected chi connectivity index (χ0v) is 22.2. The molecule has 3 N–H and O–H groups in total. The number of cyclic esters (lactones) is 1. The van der Waals surface area contributed by atoms with E-state index in [-0.39, 0.29) is 11.4 Å². The van der Waals surface area contributed by atoms with Gasteiger partial charge in [-0.15, -0.1) is 0 Å². The maximum Gasteiger partial charge on any atom is 0.306 e. The van der Waals surface area contributed by atoms with E-state index in [2.05, 4.69) is 19.2 Å². The lowest BCUT2D eigenvalue weighted by atomic mass is 9.43. The summed E-state index contributed by atoms with van der Waals surface area (Å²) < 4.78 is 5.36. The van der Waals surface area contributed by atoms with Crippen LogP contribution in [0.4, 0.5) is 0 Å². The van der Waals surface area contributed by atoms with Gasteiger partial charge in [-0.2, -0.15) is 0 Å². The molecule has 1 aliphatic heterocycles. The van der Waals surface area contributed by atoms with Crippen LogP contribution in [-0.2, 0) is 16.0 Å². The van der Waals surface area contributed by atoms with Gasteiger partial charge in [-0.05, 0) is 123 Å². The molecule has 1 saturated heterocycles. The van der Waals surface area contributed by atoms with Gasteiger partial charge < -0.3 is 20.3 Å². The number of aliphatic hydroxyl groups is 1. The van der Waals surface area contributed by atoms with Gasteiger partial charge in [0.15, 0.2) is 0 Å². The van der Waals surface area contributed by atoms with Crippen molar-refractivity contribution in [3.05, 3.63) is 29.8 Å². The lowest BCUT2D eigenvalue weighted by molar-refractivity contribution is -0.210. The van der Waals surface area contributed by atoms with Crippen LogP contribution in [0.1, 0.15) is 83.6 Å². The summed E-state index contributed by atoms with van der Waals surface area (Å²) in [5, 5.41) is 25.8. The molecule has 0 unspecified atom stereocenters. The fourth-order valence-electron chi connectivity index (χ4n) is 10.1. The summed E-state index contributed by atoms with van der Waals surface area (Å²) in [5.74, 6) is 2.75. The number of carbonyl (C=O) groups is 1. The molecule has 1 aromatic carbocycles. The molecule has 0 aromatic heterocycles. The van der Waals surface area contributed by atoms with Crippen LogP contribution in [-0.4, -0.2) is 41.0 Å². The van der Waals surface area contributed by atoms with Crippen LogP contribution in [0.5, 0.6) is 5.75 Å². The third-order valence-electron chi connectivity index (χ3n) is 12.2.